The van der Waals surface area contributed by atoms with Crippen molar-refractivity contribution in [3.8, 4) is 0 Å². The summed E-state index contributed by atoms with van der Waals surface area (Å²) in [5.74, 6) is -3.79. The fourth-order valence-corrected chi connectivity index (χ4v) is 10.4. The largest absolute Gasteiger partial charge is 1.00 e. The molecule has 2 heterocycles. The second kappa shape index (κ2) is 45.8. The topological polar surface area (TPSA) is 354 Å². The number of carboxylic acids is 2. The molecule has 544 valence electrons. The first-order chi connectivity index (χ1) is 48.2. The van der Waals surface area contributed by atoms with Crippen LogP contribution in [-0.4, -0.2) is 107 Å². The van der Waals surface area contributed by atoms with Crippen LogP contribution < -0.4 is 18.9 Å². The number of aliphatic hydroxyl groups is 1. The van der Waals surface area contributed by atoms with E-state index in [9.17, 15) is 33.6 Å². The zero-order valence-electron chi connectivity index (χ0n) is 58.9. The number of aldehydes is 1. The summed E-state index contributed by atoms with van der Waals surface area (Å²) in [6, 6.07) is 36.2. The predicted molar refractivity (Wildman–Crippen MR) is 404 cm³/mol. The van der Waals surface area contributed by atoms with Gasteiger partial charge in [-0.3, -0.25) is 9.59 Å². The number of nitrogens with zero attached hydrogens (tertiary/aromatic N) is 8. The quantitative estimate of drug-likeness (QED) is 0.0158. The van der Waals surface area contributed by atoms with Gasteiger partial charge in [0.2, 0.25) is 0 Å². The number of halogens is 7. The van der Waals surface area contributed by atoms with Gasteiger partial charge in [0.1, 0.15) is 23.6 Å². The van der Waals surface area contributed by atoms with Crippen LogP contribution in [0.1, 0.15) is 103 Å². The maximum atomic E-state index is 11.5. The molecule has 0 unspecified atom stereocenters. The minimum Gasteiger partial charge on any atom is -0.870 e. The second-order valence-corrected chi connectivity index (χ2v) is 24.2. The van der Waals surface area contributed by atoms with Crippen molar-refractivity contribution in [3.05, 3.63) is 272 Å². The summed E-state index contributed by atoms with van der Waals surface area (Å²) in [5, 5.41) is 38.3. The summed E-state index contributed by atoms with van der Waals surface area (Å²) in [6.45, 7) is 13.0. The molecule has 0 atom stereocenters. The Morgan fingerprint density at radius 1 is 0.538 bits per heavy atom. The Balaban J connectivity index is 0.000000599. The average molecular weight is 1560 g/mol. The minimum atomic E-state index is -0.987. The van der Waals surface area contributed by atoms with E-state index >= 15 is 0 Å². The molecule has 9 aromatic rings. The molecular weight excluding hydrogens is 1480 g/mol. The van der Waals surface area contributed by atoms with Crippen LogP contribution in [0.15, 0.2) is 143 Å². The van der Waals surface area contributed by atoms with E-state index in [0.717, 1.165) is 88.7 Å². The number of fused-ring (bicyclic) bond motifs is 3. The third kappa shape index (κ3) is 26.2. The zero-order valence-corrected chi connectivity index (χ0v) is 64.2. The van der Waals surface area contributed by atoms with E-state index in [2.05, 4.69) is 34.3 Å². The molecule has 2 aromatic heterocycles. The summed E-state index contributed by atoms with van der Waals surface area (Å²) in [7, 11) is 8.74. The number of aryl methyl sites for hydroxylation is 9. The van der Waals surface area contributed by atoms with Gasteiger partial charge in [-0.15, -0.1) is 0 Å². The molecule has 10 rings (SSSR count). The number of carboxylic acid groups (broad SMARTS) is 2. The van der Waals surface area contributed by atoms with Gasteiger partial charge in [-0.1, -0.05) is 182 Å². The molecule has 23 nitrogen and oxygen atoms in total. The predicted octanol–water partition coefficient (Wildman–Crippen LogP) is 16.2. The fourth-order valence-electron chi connectivity index (χ4n) is 8.99. The number of carbonyl (C=O) groups excluding carboxylic acids is 5. The number of aromatic nitrogens is 2. The van der Waals surface area contributed by atoms with Crippen LogP contribution in [0.3, 0.4) is 0 Å². The maximum Gasteiger partial charge on any atom is 1.00 e. The number of azide groups is 2. The van der Waals surface area contributed by atoms with Crippen LogP contribution in [0.25, 0.3) is 54.8 Å². The van der Waals surface area contributed by atoms with E-state index in [0.29, 0.717) is 59.0 Å². The number of ether oxygens (including phenoxy) is 4. The summed E-state index contributed by atoms with van der Waals surface area (Å²) in [5.41, 5.74) is 29.8. The van der Waals surface area contributed by atoms with Gasteiger partial charge >= 0.3 is 54.7 Å². The van der Waals surface area contributed by atoms with Gasteiger partial charge in [0.25, 0.3) is 0 Å². The Morgan fingerprint density at radius 2 is 0.990 bits per heavy atom. The molecule has 0 fully saturated rings. The Hall–Kier alpha value is -9.24. The van der Waals surface area contributed by atoms with Gasteiger partial charge in [0.15, 0.2) is 6.29 Å². The van der Waals surface area contributed by atoms with Crippen molar-refractivity contribution < 1.29 is 92.2 Å². The first-order valence-electron chi connectivity index (χ1n) is 29.8. The number of aliphatic hydroxyl groups excluding tert-OH is 1. The van der Waals surface area contributed by atoms with Crippen molar-refractivity contribution in [2.75, 3.05) is 35.0 Å². The first-order valence-corrected chi connectivity index (χ1v) is 32.5. The molecule has 0 bridgehead atoms. The van der Waals surface area contributed by atoms with Gasteiger partial charge in [0, 0.05) is 68.3 Å². The SMILES string of the molecule is COC(=O)/C(=C/c1cccc(C)c1Cl)N=[N+]=[N-].COC(=O)C1=Cc2c(ccc(C)c2Cl)C1.COC(=O)CN=[N+]=[N-].COC(=O)c1cc2c(Cl)c(C)ccc2n1C.Cc1ccc2c(cc(C(=O)O)n2C)c1Cl.Cc1cccc(C(=O)O)c1Cl.Cc1cccc(C=O)c1Cl.Cc1cccc(CO)c1Cl.[Li+].[OH-]. The average Bonchev–Trinajstić information content (AvgIpc) is 1.64. The third-order valence-electron chi connectivity index (χ3n) is 14.7. The fraction of sp³-hybridized carbons (Fsp3) is 0.219. The number of benzene rings is 7. The molecule has 0 spiro atoms. The molecule has 0 saturated heterocycles. The molecule has 0 saturated carbocycles. The molecule has 0 amide bonds. The van der Waals surface area contributed by atoms with E-state index in [4.69, 9.17) is 112 Å². The first kappa shape index (κ1) is 92.8. The molecule has 104 heavy (non-hydrogen) atoms. The summed E-state index contributed by atoms with van der Waals surface area (Å²) >= 11 is 41.8. The van der Waals surface area contributed by atoms with E-state index < -0.39 is 23.9 Å². The van der Waals surface area contributed by atoms with Crippen LogP contribution in [-0.2, 0) is 60.5 Å². The summed E-state index contributed by atoms with van der Waals surface area (Å²) in [6.07, 6.45) is 4.58. The van der Waals surface area contributed by atoms with Crippen LogP contribution in [0.5, 0.6) is 0 Å². The van der Waals surface area contributed by atoms with Crippen LogP contribution in [0, 0.1) is 48.5 Å². The van der Waals surface area contributed by atoms with E-state index in [-0.39, 0.29) is 66.4 Å². The van der Waals surface area contributed by atoms with Crippen molar-refractivity contribution in [2.45, 2.75) is 61.5 Å². The van der Waals surface area contributed by atoms with Crippen molar-refractivity contribution >= 4 is 157 Å². The Morgan fingerprint density at radius 3 is 1.43 bits per heavy atom. The molecule has 0 aliphatic heterocycles. The molecule has 31 heteroatoms. The van der Waals surface area contributed by atoms with Gasteiger partial charge < -0.3 is 48.9 Å². The Labute approximate surface area is 647 Å². The van der Waals surface area contributed by atoms with E-state index in [1.807, 2.05) is 127 Å². The minimum absolute atomic E-state index is 0. The van der Waals surface area contributed by atoms with Crippen molar-refractivity contribution in [3.63, 3.8) is 0 Å². The van der Waals surface area contributed by atoms with Gasteiger partial charge in [0.05, 0.1) is 70.7 Å². The number of methoxy groups -OCH3 is 4. The Bertz CT molecular complexity index is 4760. The number of hydrogen-bond donors (Lipinski definition) is 3. The summed E-state index contributed by atoms with van der Waals surface area (Å²) < 4.78 is 21.5. The van der Waals surface area contributed by atoms with Gasteiger partial charge in [-0.2, -0.15) is 0 Å². The molecule has 1 aliphatic rings. The zero-order chi connectivity index (χ0) is 76.8. The van der Waals surface area contributed by atoms with E-state index in [1.54, 1.807) is 65.6 Å². The van der Waals surface area contributed by atoms with E-state index in [1.165, 1.54) is 40.6 Å². The molecule has 1 aliphatic carbocycles. The number of rotatable bonds is 11. The molecule has 4 N–H and O–H groups in total. The van der Waals surface area contributed by atoms with Crippen LogP contribution in [0.4, 0.5) is 0 Å². The van der Waals surface area contributed by atoms with Crippen LogP contribution in [0.2, 0.25) is 35.2 Å². The Kier molecular flexibility index (Phi) is 40.8. The normalized spacial score (nSPS) is 10.3. The maximum absolute atomic E-state index is 11.5. The molecule has 0 radical (unpaired) electrons. The standard InChI is InChI=1S/C12H12ClNO2.C12H11ClO2.C11H10ClN3O2.C11H10ClNO2.C8H7ClO2.C8H9ClO.C8H7ClO.C3H5N3O2.Li.H2O/c1-7-4-5-9-8(11(7)13)6-10(14(9)2)12(15)16-3;1-7-3-4-8-5-9(12(14)15-2)6-10(8)11(7)13;1-7-4-3-5-8(10(7)12)6-9(14-15-13)11(16)17-2;1-6-3-4-8-7(10(6)12)5-9(11(14)15)13(8)2;1-5-3-2-4-6(7(5)9)8(10)11;2*1-6-3-2-4-7(5-10)8(6)9;1-8-3(7)2-5-6-4;;/h4-6H,1-3H3;3-4,6H,5H2,1-2H3;3-6H,1-2H3;3-5H,1-2H3,(H,14,15);2-4H,1H3,(H,10,11);2-4,10H,5H2,1H3;2-5H,1H3;2H2,1H3;;1H2/q;;;;;;;;+1;/p-1/b;;9-6-;;;;;;;. The summed E-state index contributed by atoms with van der Waals surface area (Å²) in [4.78, 5) is 80.9. The number of hydrogen-bond acceptors (Lipinski definition) is 15. The van der Waals surface area contributed by atoms with Gasteiger partial charge in [-0.05, 0) is 163 Å². The van der Waals surface area contributed by atoms with Gasteiger partial charge in [-0.25, -0.2) is 24.0 Å². The number of esters is 4. The smallest absolute Gasteiger partial charge is 0.870 e. The van der Waals surface area contributed by atoms with Crippen molar-refractivity contribution in [1.29, 1.82) is 0 Å². The monoisotopic (exact) mass is 1550 g/mol. The number of carbonyl (C=O) groups is 7. The van der Waals surface area contributed by atoms with Crippen LogP contribution >= 0.6 is 81.2 Å². The third-order valence-corrected chi connectivity index (χ3v) is 18.3. The van der Waals surface area contributed by atoms with Crippen molar-refractivity contribution in [2.24, 2.45) is 24.3 Å². The van der Waals surface area contributed by atoms with Crippen molar-refractivity contribution in [1.82, 2.24) is 9.13 Å². The molecule has 7 aromatic carbocycles. The second-order valence-electron chi connectivity index (χ2n) is 21.5. The molecular formula is C73H72Cl7LiN8O15. The number of aromatic carboxylic acids is 2.